The molecule has 0 saturated heterocycles. The average molecular weight is 310 g/mol. The smallest absolute Gasteiger partial charge is 0.140 e. The standard InChI is InChI=1S/C19H18O2S/c20-22(21)12-14-5-3-7-17-16(14)10-11-18-15-6-2-1-4-13(15)8-9-19(17)18/h1-2,4,6,8-11,14,22H,3,5,7,12H2. The number of hydrogen-bond donors (Lipinski definition) is 1. The Morgan fingerprint density at radius 3 is 2.59 bits per heavy atom. The fourth-order valence-electron chi connectivity index (χ4n) is 3.88. The molecule has 0 heterocycles. The Hall–Kier alpha value is -1.87. The number of hydrogen-bond acceptors (Lipinski definition) is 2. The largest absolute Gasteiger partial charge is 0.232 e. The summed E-state index contributed by atoms with van der Waals surface area (Å²) in [6.45, 7) is 0. The van der Waals surface area contributed by atoms with E-state index in [1.54, 1.807) is 0 Å². The number of aryl methyl sites for hydroxylation is 1. The Bertz CT molecular complexity index is 933. The van der Waals surface area contributed by atoms with Crippen molar-refractivity contribution < 1.29 is 8.42 Å². The van der Waals surface area contributed by atoms with Crippen LogP contribution in [0.15, 0.2) is 48.5 Å². The van der Waals surface area contributed by atoms with Crippen LogP contribution >= 0.6 is 0 Å². The summed E-state index contributed by atoms with van der Waals surface area (Å²) in [5.74, 6) is 0.447. The molecule has 0 fully saturated rings. The molecule has 0 aromatic heterocycles. The lowest BCUT2D eigenvalue weighted by molar-refractivity contribution is 0.572. The van der Waals surface area contributed by atoms with Gasteiger partial charge in [-0.25, -0.2) is 8.42 Å². The highest BCUT2D eigenvalue weighted by Gasteiger charge is 2.22. The van der Waals surface area contributed by atoms with Crippen LogP contribution in [-0.4, -0.2) is 14.2 Å². The number of rotatable bonds is 2. The zero-order valence-electron chi connectivity index (χ0n) is 12.3. The zero-order chi connectivity index (χ0) is 15.1. The van der Waals surface area contributed by atoms with E-state index < -0.39 is 10.7 Å². The summed E-state index contributed by atoms with van der Waals surface area (Å²) in [5, 5.41) is 5.11. The monoisotopic (exact) mass is 310 g/mol. The summed E-state index contributed by atoms with van der Waals surface area (Å²) in [6, 6.07) is 17.2. The number of benzene rings is 3. The van der Waals surface area contributed by atoms with Gasteiger partial charge >= 0.3 is 0 Å². The van der Waals surface area contributed by atoms with Gasteiger partial charge in [0.1, 0.15) is 10.7 Å². The Morgan fingerprint density at radius 2 is 1.73 bits per heavy atom. The summed E-state index contributed by atoms with van der Waals surface area (Å²) < 4.78 is 22.3. The van der Waals surface area contributed by atoms with Crippen LogP contribution in [0.3, 0.4) is 0 Å². The van der Waals surface area contributed by atoms with E-state index in [0.29, 0.717) is 0 Å². The summed E-state index contributed by atoms with van der Waals surface area (Å²) >= 11 is 0. The summed E-state index contributed by atoms with van der Waals surface area (Å²) in [6.07, 6.45) is 3.11. The van der Waals surface area contributed by atoms with Gasteiger partial charge in [-0.3, -0.25) is 0 Å². The SMILES string of the molecule is O=[SH](=O)CC1CCCc2c1ccc1c2ccc2ccccc21. The van der Waals surface area contributed by atoms with Crippen molar-refractivity contribution in [1.82, 2.24) is 0 Å². The topological polar surface area (TPSA) is 34.1 Å². The Morgan fingerprint density at radius 1 is 0.909 bits per heavy atom. The van der Waals surface area contributed by atoms with Gasteiger partial charge in [0.25, 0.3) is 0 Å². The molecular formula is C19H18O2S. The lowest BCUT2D eigenvalue weighted by Gasteiger charge is -2.25. The second-order valence-corrected chi connectivity index (χ2v) is 7.15. The van der Waals surface area contributed by atoms with Crippen LogP contribution in [0.25, 0.3) is 21.5 Å². The molecule has 0 bridgehead atoms. The fourth-order valence-corrected chi connectivity index (χ4v) is 4.62. The minimum atomic E-state index is -2.32. The molecule has 0 radical (unpaired) electrons. The second kappa shape index (κ2) is 5.40. The molecule has 0 saturated carbocycles. The average Bonchev–Trinajstić information content (AvgIpc) is 2.54. The highest BCUT2D eigenvalue weighted by atomic mass is 32.2. The molecule has 4 rings (SSSR count). The fraction of sp³-hybridized carbons (Fsp3) is 0.263. The maximum Gasteiger partial charge on any atom is 0.140 e. The van der Waals surface area contributed by atoms with Crippen LogP contribution in [0.5, 0.6) is 0 Å². The first-order chi connectivity index (χ1) is 10.7. The van der Waals surface area contributed by atoms with E-state index in [4.69, 9.17) is 0 Å². The van der Waals surface area contributed by atoms with Crippen molar-refractivity contribution in [2.24, 2.45) is 0 Å². The van der Waals surface area contributed by atoms with Gasteiger partial charge in [-0.05, 0) is 57.9 Å². The predicted octanol–water partition coefficient (Wildman–Crippen LogP) is 4.02. The van der Waals surface area contributed by atoms with Gasteiger partial charge in [0.05, 0.1) is 5.75 Å². The molecule has 1 atom stereocenters. The van der Waals surface area contributed by atoms with Gasteiger partial charge < -0.3 is 0 Å². The molecule has 0 aliphatic heterocycles. The molecular weight excluding hydrogens is 292 g/mol. The molecule has 22 heavy (non-hydrogen) atoms. The molecule has 1 unspecified atom stereocenters. The van der Waals surface area contributed by atoms with Crippen LogP contribution < -0.4 is 0 Å². The van der Waals surface area contributed by atoms with Gasteiger partial charge in [0.15, 0.2) is 0 Å². The maximum atomic E-state index is 11.2. The molecule has 0 N–H and O–H groups in total. The van der Waals surface area contributed by atoms with Crippen LogP contribution in [0.2, 0.25) is 0 Å². The molecule has 1 aliphatic rings. The molecule has 3 heteroatoms. The van der Waals surface area contributed by atoms with Gasteiger partial charge in [0, 0.05) is 0 Å². The van der Waals surface area contributed by atoms with Crippen molar-refractivity contribution in [2.75, 3.05) is 5.75 Å². The molecule has 3 aromatic rings. The third-order valence-corrected chi connectivity index (χ3v) is 5.60. The highest BCUT2D eigenvalue weighted by molar-refractivity contribution is 7.72. The van der Waals surface area contributed by atoms with Crippen LogP contribution in [0, 0.1) is 0 Å². The summed E-state index contributed by atoms with van der Waals surface area (Å²) in [4.78, 5) is 0. The van der Waals surface area contributed by atoms with Crippen molar-refractivity contribution in [3.8, 4) is 0 Å². The van der Waals surface area contributed by atoms with E-state index in [0.717, 1.165) is 19.3 Å². The Kier molecular flexibility index (Phi) is 3.38. The molecule has 2 nitrogen and oxygen atoms in total. The summed E-state index contributed by atoms with van der Waals surface area (Å²) in [7, 11) is -2.32. The lowest BCUT2D eigenvalue weighted by Crippen LogP contribution is -2.14. The van der Waals surface area contributed by atoms with Crippen molar-refractivity contribution >= 4 is 32.2 Å². The van der Waals surface area contributed by atoms with Gasteiger partial charge in [0.2, 0.25) is 0 Å². The van der Waals surface area contributed by atoms with E-state index >= 15 is 0 Å². The third-order valence-electron chi connectivity index (χ3n) is 4.86. The first kappa shape index (κ1) is 13.8. The van der Waals surface area contributed by atoms with Gasteiger partial charge in [-0.2, -0.15) is 0 Å². The van der Waals surface area contributed by atoms with E-state index in [-0.39, 0.29) is 11.7 Å². The predicted molar refractivity (Wildman–Crippen MR) is 92.3 cm³/mol. The van der Waals surface area contributed by atoms with Gasteiger partial charge in [-0.15, -0.1) is 0 Å². The zero-order valence-corrected chi connectivity index (χ0v) is 13.2. The quantitative estimate of drug-likeness (QED) is 0.573. The molecule has 112 valence electrons. The maximum absolute atomic E-state index is 11.2. The van der Waals surface area contributed by atoms with Crippen molar-refractivity contribution in [3.05, 3.63) is 59.7 Å². The Balaban J connectivity index is 1.98. The van der Waals surface area contributed by atoms with E-state index in [1.807, 2.05) is 0 Å². The third kappa shape index (κ3) is 2.20. The molecule has 0 amide bonds. The van der Waals surface area contributed by atoms with Crippen LogP contribution in [0.1, 0.15) is 29.9 Å². The normalized spacial score (nSPS) is 18.0. The highest BCUT2D eigenvalue weighted by Crippen LogP contribution is 2.38. The first-order valence-electron chi connectivity index (χ1n) is 7.79. The molecule has 3 aromatic carbocycles. The van der Waals surface area contributed by atoms with E-state index in [2.05, 4.69) is 48.5 Å². The minimum Gasteiger partial charge on any atom is -0.232 e. The summed E-state index contributed by atoms with van der Waals surface area (Å²) in [5.41, 5.74) is 2.60. The van der Waals surface area contributed by atoms with Crippen LogP contribution in [0.4, 0.5) is 0 Å². The van der Waals surface area contributed by atoms with Gasteiger partial charge in [-0.1, -0.05) is 48.5 Å². The van der Waals surface area contributed by atoms with Crippen molar-refractivity contribution in [3.63, 3.8) is 0 Å². The number of thiol groups is 1. The van der Waals surface area contributed by atoms with Crippen LogP contribution in [-0.2, 0) is 17.1 Å². The number of fused-ring (bicyclic) bond motifs is 5. The van der Waals surface area contributed by atoms with E-state index in [1.165, 1.54) is 32.7 Å². The Labute approximate surface area is 131 Å². The first-order valence-corrected chi connectivity index (χ1v) is 9.15. The molecule has 0 spiro atoms. The second-order valence-electron chi connectivity index (χ2n) is 6.12. The lowest BCUT2D eigenvalue weighted by atomic mass is 9.81. The molecule has 1 aliphatic carbocycles. The van der Waals surface area contributed by atoms with Crippen molar-refractivity contribution in [2.45, 2.75) is 25.2 Å². The van der Waals surface area contributed by atoms with Crippen molar-refractivity contribution in [1.29, 1.82) is 0 Å². The minimum absolute atomic E-state index is 0.167. The van der Waals surface area contributed by atoms with E-state index in [9.17, 15) is 8.42 Å².